The first-order valence-electron chi connectivity index (χ1n) is 6.08. The van der Waals surface area contributed by atoms with Crippen LogP contribution in [0.1, 0.15) is 15.9 Å². The third-order valence-electron chi connectivity index (χ3n) is 2.90. The van der Waals surface area contributed by atoms with E-state index >= 15 is 0 Å². The van der Waals surface area contributed by atoms with Crippen molar-refractivity contribution in [1.82, 2.24) is 0 Å². The van der Waals surface area contributed by atoms with Gasteiger partial charge in [0.2, 0.25) is 0 Å². The Bertz CT molecular complexity index is 609. The molecule has 4 N–H and O–H groups in total. The smallest absolute Gasteiger partial charge is 0.257 e. The minimum Gasteiger partial charge on any atom is -0.497 e. The molecule has 0 aliphatic rings. The van der Waals surface area contributed by atoms with Crippen molar-refractivity contribution < 1.29 is 14.6 Å². The van der Waals surface area contributed by atoms with E-state index in [1.165, 1.54) is 7.11 Å². The number of nitrogens with two attached hydrogens (primary N) is 1. The largest absolute Gasteiger partial charge is 0.497 e. The highest BCUT2D eigenvalue weighted by atomic mass is 16.5. The van der Waals surface area contributed by atoms with Crippen LogP contribution in [-0.4, -0.2) is 18.1 Å². The van der Waals surface area contributed by atoms with Gasteiger partial charge in [-0.05, 0) is 35.9 Å². The Labute approximate surface area is 117 Å². The molecule has 104 valence electrons. The van der Waals surface area contributed by atoms with E-state index < -0.39 is 0 Å². The van der Waals surface area contributed by atoms with Crippen molar-refractivity contribution >= 4 is 17.3 Å². The molecule has 2 rings (SSSR count). The van der Waals surface area contributed by atoms with E-state index in [0.29, 0.717) is 22.7 Å². The van der Waals surface area contributed by atoms with Gasteiger partial charge in [0.1, 0.15) is 5.75 Å². The number of hydrogen-bond donors (Lipinski definition) is 3. The van der Waals surface area contributed by atoms with Crippen LogP contribution in [0, 0.1) is 0 Å². The van der Waals surface area contributed by atoms with Gasteiger partial charge in [0.15, 0.2) is 0 Å². The molecule has 2 aromatic carbocycles. The molecule has 1 amide bonds. The summed E-state index contributed by atoms with van der Waals surface area (Å²) in [7, 11) is 1.53. The minimum absolute atomic E-state index is 0.0307. The zero-order valence-electron chi connectivity index (χ0n) is 11.1. The van der Waals surface area contributed by atoms with E-state index in [0.717, 1.165) is 5.56 Å². The van der Waals surface area contributed by atoms with Crippen LogP contribution in [0.5, 0.6) is 5.75 Å². The van der Waals surface area contributed by atoms with E-state index in [4.69, 9.17) is 15.6 Å². The molecular formula is C15H16N2O3. The lowest BCUT2D eigenvalue weighted by molar-refractivity contribution is 0.102. The summed E-state index contributed by atoms with van der Waals surface area (Å²) in [4.78, 5) is 12.2. The third-order valence-corrected chi connectivity index (χ3v) is 2.90. The molecular weight excluding hydrogens is 256 g/mol. The second kappa shape index (κ2) is 6.08. The van der Waals surface area contributed by atoms with Crippen LogP contribution in [-0.2, 0) is 6.61 Å². The SMILES string of the molecule is COc1ccc(N)c(C(=O)Nc2ccc(CO)cc2)c1. The first kappa shape index (κ1) is 13.9. The number of nitrogens with one attached hydrogen (secondary N) is 1. The molecule has 0 aromatic heterocycles. The molecule has 0 unspecified atom stereocenters. The lowest BCUT2D eigenvalue weighted by Crippen LogP contribution is -2.14. The summed E-state index contributed by atoms with van der Waals surface area (Å²) in [5.74, 6) is 0.262. The van der Waals surface area contributed by atoms with Crippen molar-refractivity contribution in [2.75, 3.05) is 18.2 Å². The number of aliphatic hydroxyl groups excluding tert-OH is 1. The Kier molecular flexibility index (Phi) is 4.22. The first-order valence-corrected chi connectivity index (χ1v) is 6.08. The summed E-state index contributed by atoms with van der Waals surface area (Å²) < 4.78 is 5.08. The van der Waals surface area contributed by atoms with Gasteiger partial charge in [0, 0.05) is 11.4 Å². The average Bonchev–Trinajstić information content (AvgIpc) is 2.48. The number of carbonyl (C=O) groups is 1. The van der Waals surface area contributed by atoms with Crippen LogP contribution in [0.3, 0.4) is 0 Å². The number of anilines is 2. The van der Waals surface area contributed by atoms with Crippen LogP contribution in [0.25, 0.3) is 0 Å². The lowest BCUT2D eigenvalue weighted by Gasteiger charge is -2.09. The minimum atomic E-state index is -0.307. The monoisotopic (exact) mass is 272 g/mol. The van der Waals surface area contributed by atoms with Gasteiger partial charge < -0.3 is 20.9 Å². The molecule has 2 aromatic rings. The Morgan fingerprint density at radius 1 is 1.25 bits per heavy atom. The predicted molar refractivity (Wildman–Crippen MR) is 77.7 cm³/mol. The van der Waals surface area contributed by atoms with Crippen LogP contribution in [0.2, 0.25) is 0 Å². The Balaban J connectivity index is 2.18. The van der Waals surface area contributed by atoms with Gasteiger partial charge in [0.05, 0.1) is 19.3 Å². The maximum Gasteiger partial charge on any atom is 0.257 e. The highest BCUT2D eigenvalue weighted by Gasteiger charge is 2.11. The zero-order valence-corrected chi connectivity index (χ0v) is 11.1. The summed E-state index contributed by atoms with van der Waals surface area (Å²) in [5, 5.41) is 11.7. The van der Waals surface area contributed by atoms with Gasteiger partial charge >= 0.3 is 0 Å². The van der Waals surface area contributed by atoms with E-state index in [9.17, 15) is 4.79 Å². The van der Waals surface area contributed by atoms with Crippen molar-refractivity contribution in [1.29, 1.82) is 0 Å². The number of methoxy groups -OCH3 is 1. The number of ether oxygens (including phenoxy) is 1. The number of rotatable bonds is 4. The van der Waals surface area contributed by atoms with Gasteiger partial charge in [-0.3, -0.25) is 4.79 Å². The van der Waals surface area contributed by atoms with Crippen molar-refractivity contribution in [2.45, 2.75) is 6.61 Å². The second-order valence-corrected chi connectivity index (χ2v) is 4.26. The van der Waals surface area contributed by atoms with Gasteiger partial charge in [-0.25, -0.2) is 0 Å². The topological polar surface area (TPSA) is 84.6 Å². The molecule has 0 heterocycles. The highest BCUT2D eigenvalue weighted by Crippen LogP contribution is 2.21. The van der Waals surface area contributed by atoms with Gasteiger partial charge in [-0.1, -0.05) is 12.1 Å². The van der Waals surface area contributed by atoms with Crippen molar-refractivity contribution in [2.24, 2.45) is 0 Å². The normalized spacial score (nSPS) is 10.1. The molecule has 0 radical (unpaired) electrons. The molecule has 20 heavy (non-hydrogen) atoms. The summed E-state index contributed by atoms with van der Waals surface area (Å²) >= 11 is 0. The molecule has 0 fully saturated rings. The highest BCUT2D eigenvalue weighted by molar-refractivity contribution is 6.08. The molecule has 5 heteroatoms. The Morgan fingerprint density at radius 2 is 1.95 bits per heavy atom. The molecule has 0 atom stereocenters. The Morgan fingerprint density at radius 3 is 2.55 bits per heavy atom. The molecule has 0 bridgehead atoms. The predicted octanol–water partition coefficient (Wildman–Crippen LogP) is 2.02. The summed E-state index contributed by atoms with van der Waals surface area (Å²) in [5.41, 5.74) is 7.95. The first-order chi connectivity index (χ1) is 9.63. The molecule has 0 saturated heterocycles. The second-order valence-electron chi connectivity index (χ2n) is 4.26. The Hall–Kier alpha value is -2.53. The number of carbonyl (C=O) groups excluding carboxylic acids is 1. The fourth-order valence-corrected chi connectivity index (χ4v) is 1.75. The van der Waals surface area contributed by atoms with Gasteiger partial charge in [-0.15, -0.1) is 0 Å². The molecule has 0 spiro atoms. The molecule has 0 saturated carbocycles. The lowest BCUT2D eigenvalue weighted by atomic mass is 10.1. The van der Waals surface area contributed by atoms with Crippen molar-refractivity contribution in [3.63, 3.8) is 0 Å². The number of hydrogen-bond acceptors (Lipinski definition) is 4. The van der Waals surface area contributed by atoms with Crippen LogP contribution >= 0.6 is 0 Å². The van der Waals surface area contributed by atoms with Gasteiger partial charge in [0.25, 0.3) is 5.91 Å². The molecule has 0 aliphatic heterocycles. The average molecular weight is 272 g/mol. The van der Waals surface area contributed by atoms with Gasteiger partial charge in [-0.2, -0.15) is 0 Å². The fraction of sp³-hybridized carbons (Fsp3) is 0.133. The van der Waals surface area contributed by atoms with E-state index in [1.807, 2.05) is 0 Å². The number of amides is 1. The zero-order chi connectivity index (χ0) is 14.5. The van der Waals surface area contributed by atoms with E-state index in [-0.39, 0.29) is 12.5 Å². The maximum absolute atomic E-state index is 12.2. The third kappa shape index (κ3) is 3.07. The number of benzene rings is 2. The summed E-state index contributed by atoms with van der Waals surface area (Å²) in [6.07, 6.45) is 0. The van der Waals surface area contributed by atoms with Crippen LogP contribution in [0.4, 0.5) is 11.4 Å². The van der Waals surface area contributed by atoms with E-state index in [1.54, 1.807) is 42.5 Å². The standard InChI is InChI=1S/C15H16N2O3/c1-20-12-6-7-14(16)13(8-12)15(19)17-11-4-2-10(9-18)3-5-11/h2-8,18H,9,16H2,1H3,(H,17,19). The summed E-state index contributed by atoms with van der Waals surface area (Å²) in [6, 6.07) is 11.8. The van der Waals surface area contributed by atoms with Crippen molar-refractivity contribution in [3.8, 4) is 5.75 Å². The number of aliphatic hydroxyl groups is 1. The summed E-state index contributed by atoms with van der Waals surface area (Å²) in [6.45, 7) is -0.0307. The maximum atomic E-state index is 12.2. The van der Waals surface area contributed by atoms with Crippen molar-refractivity contribution in [3.05, 3.63) is 53.6 Å². The molecule has 0 aliphatic carbocycles. The van der Waals surface area contributed by atoms with Crippen LogP contribution in [0.15, 0.2) is 42.5 Å². The fourth-order valence-electron chi connectivity index (χ4n) is 1.75. The van der Waals surface area contributed by atoms with Crippen LogP contribution < -0.4 is 15.8 Å². The molecule has 5 nitrogen and oxygen atoms in total. The quantitative estimate of drug-likeness (QED) is 0.743. The number of nitrogen functional groups attached to an aromatic ring is 1. The van der Waals surface area contributed by atoms with E-state index in [2.05, 4.69) is 5.32 Å².